The van der Waals surface area contributed by atoms with Gasteiger partial charge in [0, 0.05) is 12.2 Å². The molecule has 7 heteroatoms. The van der Waals surface area contributed by atoms with Crippen LogP contribution in [0, 0.1) is 6.92 Å². The van der Waals surface area contributed by atoms with Crippen molar-refractivity contribution < 1.29 is 8.42 Å². The normalized spacial score (nSPS) is 11.7. The van der Waals surface area contributed by atoms with Gasteiger partial charge in [0.2, 0.25) is 10.0 Å². The van der Waals surface area contributed by atoms with Gasteiger partial charge < -0.3 is 5.73 Å². The number of hydrogen-bond donors (Lipinski definition) is 2. The van der Waals surface area contributed by atoms with Gasteiger partial charge in [-0.1, -0.05) is 23.7 Å². The van der Waals surface area contributed by atoms with Crippen LogP contribution in [-0.4, -0.2) is 8.42 Å². The van der Waals surface area contributed by atoms with Crippen LogP contribution in [-0.2, 0) is 16.6 Å². The zero-order valence-corrected chi connectivity index (χ0v) is 12.6. The van der Waals surface area contributed by atoms with Crippen LogP contribution in [0.1, 0.15) is 11.1 Å². The van der Waals surface area contributed by atoms with Gasteiger partial charge >= 0.3 is 0 Å². The first-order valence-electron chi connectivity index (χ1n) is 5.48. The highest BCUT2D eigenvalue weighted by atomic mass is 35.5. The highest BCUT2D eigenvalue weighted by Crippen LogP contribution is 2.29. The van der Waals surface area contributed by atoms with Gasteiger partial charge in [-0.3, -0.25) is 0 Å². The maximum Gasteiger partial charge on any atom is 0.250 e. The van der Waals surface area contributed by atoms with Gasteiger partial charge in [-0.15, -0.1) is 11.3 Å². The van der Waals surface area contributed by atoms with Gasteiger partial charge in [-0.25, -0.2) is 13.1 Å². The van der Waals surface area contributed by atoms with Crippen LogP contribution in [0.3, 0.4) is 0 Å². The molecule has 102 valence electrons. The summed E-state index contributed by atoms with van der Waals surface area (Å²) in [7, 11) is -3.53. The SMILES string of the molecule is Cc1cc(S(=O)(=O)NCc2cccc(N)c2)sc1Cl. The Hall–Kier alpha value is -1.08. The molecule has 1 heterocycles. The highest BCUT2D eigenvalue weighted by molar-refractivity contribution is 7.91. The van der Waals surface area contributed by atoms with E-state index in [-0.39, 0.29) is 10.8 Å². The second kappa shape index (κ2) is 5.50. The van der Waals surface area contributed by atoms with E-state index in [2.05, 4.69) is 4.72 Å². The Balaban J connectivity index is 2.14. The molecular weight excluding hydrogens is 304 g/mol. The van der Waals surface area contributed by atoms with Gasteiger partial charge in [0.25, 0.3) is 0 Å². The number of halogens is 1. The van der Waals surface area contributed by atoms with Crippen molar-refractivity contribution in [1.29, 1.82) is 0 Å². The van der Waals surface area contributed by atoms with E-state index in [4.69, 9.17) is 17.3 Å². The zero-order chi connectivity index (χ0) is 14.0. The molecule has 0 fully saturated rings. The number of hydrogen-bond acceptors (Lipinski definition) is 4. The maximum absolute atomic E-state index is 12.1. The summed E-state index contributed by atoms with van der Waals surface area (Å²) in [5.74, 6) is 0. The first kappa shape index (κ1) is 14.3. The number of thiophene rings is 1. The lowest BCUT2D eigenvalue weighted by Gasteiger charge is -2.05. The predicted octanol–water partition coefficient (Wildman–Crippen LogP) is 2.77. The van der Waals surface area contributed by atoms with Crippen LogP contribution in [0.5, 0.6) is 0 Å². The van der Waals surface area contributed by atoms with Gasteiger partial charge in [-0.05, 0) is 36.2 Å². The van der Waals surface area contributed by atoms with Gasteiger partial charge in [0.15, 0.2) is 0 Å². The molecule has 4 nitrogen and oxygen atoms in total. The van der Waals surface area contributed by atoms with Gasteiger partial charge in [0.1, 0.15) is 4.21 Å². The predicted molar refractivity (Wildman–Crippen MR) is 78.9 cm³/mol. The molecule has 19 heavy (non-hydrogen) atoms. The lowest BCUT2D eigenvalue weighted by Crippen LogP contribution is -2.22. The van der Waals surface area contributed by atoms with Crippen molar-refractivity contribution in [1.82, 2.24) is 4.72 Å². The van der Waals surface area contributed by atoms with Crippen molar-refractivity contribution in [2.75, 3.05) is 5.73 Å². The molecule has 0 atom stereocenters. The summed E-state index contributed by atoms with van der Waals surface area (Å²) >= 11 is 6.93. The van der Waals surface area contributed by atoms with Crippen molar-refractivity contribution in [3.63, 3.8) is 0 Å². The molecular formula is C12H13ClN2O2S2. The highest BCUT2D eigenvalue weighted by Gasteiger charge is 2.18. The summed E-state index contributed by atoms with van der Waals surface area (Å²) in [5.41, 5.74) is 7.81. The van der Waals surface area contributed by atoms with E-state index in [0.29, 0.717) is 10.0 Å². The van der Waals surface area contributed by atoms with Crippen molar-refractivity contribution in [2.45, 2.75) is 17.7 Å². The second-order valence-corrected chi connectivity index (χ2v) is 7.74. The van der Waals surface area contributed by atoms with E-state index in [0.717, 1.165) is 22.5 Å². The Bertz CT molecular complexity index is 676. The number of nitrogen functional groups attached to an aromatic ring is 1. The largest absolute Gasteiger partial charge is 0.399 e. The number of benzene rings is 1. The molecule has 0 bridgehead atoms. The summed E-state index contributed by atoms with van der Waals surface area (Å²) in [6.45, 7) is 1.97. The average molecular weight is 317 g/mol. The molecule has 0 saturated heterocycles. The van der Waals surface area contributed by atoms with Crippen LogP contribution in [0.15, 0.2) is 34.5 Å². The molecule has 2 rings (SSSR count). The molecule has 0 saturated carbocycles. The van der Waals surface area contributed by atoms with Gasteiger partial charge in [0.05, 0.1) is 4.34 Å². The molecule has 3 N–H and O–H groups in total. The smallest absolute Gasteiger partial charge is 0.250 e. The third-order valence-corrected chi connectivity index (χ3v) is 5.95. The van der Waals surface area contributed by atoms with Crippen LogP contribution in [0.25, 0.3) is 0 Å². The molecule has 0 aliphatic rings. The summed E-state index contributed by atoms with van der Waals surface area (Å²) in [6, 6.07) is 8.64. The maximum atomic E-state index is 12.1. The summed E-state index contributed by atoms with van der Waals surface area (Å²) < 4.78 is 27.4. The summed E-state index contributed by atoms with van der Waals surface area (Å²) in [5, 5.41) is 0. The van der Waals surface area contributed by atoms with E-state index in [9.17, 15) is 8.42 Å². The monoisotopic (exact) mass is 316 g/mol. The van der Waals surface area contributed by atoms with Crippen molar-refractivity contribution in [3.8, 4) is 0 Å². The van der Waals surface area contributed by atoms with Crippen LogP contribution >= 0.6 is 22.9 Å². The molecule has 1 aromatic carbocycles. The number of anilines is 1. The molecule has 0 aliphatic heterocycles. The Morgan fingerprint density at radius 1 is 1.37 bits per heavy atom. The molecule has 0 radical (unpaired) electrons. The quantitative estimate of drug-likeness (QED) is 0.852. The van der Waals surface area contributed by atoms with E-state index in [1.165, 1.54) is 0 Å². The lowest BCUT2D eigenvalue weighted by molar-refractivity contribution is 0.583. The molecule has 0 amide bonds. The first-order valence-corrected chi connectivity index (χ1v) is 8.16. The summed E-state index contributed by atoms with van der Waals surface area (Å²) in [6.07, 6.45) is 0. The summed E-state index contributed by atoms with van der Waals surface area (Å²) in [4.78, 5) is 0. The third-order valence-electron chi connectivity index (χ3n) is 2.52. The molecule has 0 unspecified atom stereocenters. The number of aryl methyl sites for hydroxylation is 1. The van der Waals surface area contributed by atoms with Gasteiger partial charge in [-0.2, -0.15) is 0 Å². The molecule has 1 aromatic heterocycles. The molecule has 0 aliphatic carbocycles. The topological polar surface area (TPSA) is 72.2 Å². The van der Waals surface area contributed by atoms with Crippen LogP contribution in [0.2, 0.25) is 4.34 Å². The fraction of sp³-hybridized carbons (Fsp3) is 0.167. The Morgan fingerprint density at radius 3 is 2.68 bits per heavy atom. The Morgan fingerprint density at radius 2 is 2.11 bits per heavy atom. The number of nitrogens with one attached hydrogen (secondary N) is 1. The van der Waals surface area contributed by atoms with E-state index >= 15 is 0 Å². The minimum Gasteiger partial charge on any atom is -0.399 e. The fourth-order valence-corrected chi connectivity index (χ4v) is 4.29. The van der Waals surface area contributed by atoms with E-state index < -0.39 is 10.0 Å². The van der Waals surface area contributed by atoms with E-state index in [1.54, 1.807) is 31.2 Å². The van der Waals surface area contributed by atoms with Crippen molar-refractivity contribution >= 4 is 38.6 Å². The number of nitrogens with two attached hydrogens (primary N) is 1. The second-order valence-electron chi connectivity index (χ2n) is 4.09. The minimum atomic E-state index is -3.53. The minimum absolute atomic E-state index is 0.196. The standard InChI is InChI=1S/C12H13ClN2O2S2/c1-8-5-11(18-12(8)13)19(16,17)15-7-9-3-2-4-10(14)6-9/h2-6,15H,7,14H2,1H3. The Kier molecular flexibility index (Phi) is 4.15. The van der Waals surface area contributed by atoms with Crippen molar-refractivity contribution in [3.05, 3.63) is 45.8 Å². The molecule has 0 spiro atoms. The average Bonchev–Trinajstić information content (AvgIpc) is 2.68. The first-order chi connectivity index (χ1) is 8.88. The zero-order valence-electron chi connectivity index (χ0n) is 10.2. The third kappa shape index (κ3) is 3.48. The number of rotatable bonds is 4. The fourth-order valence-electron chi connectivity index (χ4n) is 1.52. The van der Waals surface area contributed by atoms with Crippen LogP contribution < -0.4 is 10.5 Å². The lowest BCUT2D eigenvalue weighted by atomic mass is 10.2. The van der Waals surface area contributed by atoms with Crippen molar-refractivity contribution in [2.24, 2.45) is 0 Å². The molecule has 2 aromatic rings. The van der Waals surface area contributed by atoms with E-state index in [1.807, 2.05) is 6.07 Å². The Labute approximate surface area is 121 Å². The van der Waals surface area contributed by atoms with Crippen LogP contribution in [0.4, 0.5) is 5.69 Å². The number of sulfonamides is 1.